The zero-order valence-corrected chi connectivity index (χ0v) is 13.6. The zero-order valence-electron chi connectivity index (χ0n) is 7.25. The van der Waals surface area contributed by atoms with Crippen LogP contribution in [0, 0.1) is 0 Å². The molecule has 1 rings (SSSR count). The van der Waals surface area contributed by atoms with Gasteiger partial charge in [-0.1, -0.05) is 69.8 Å². The van der Waals surface area contributed by atoms with Crippen molar-refractivity contribution in [2.75, 3.05) is 0 Å². The third-order valence-corrected chi connectivity index (χ3v) is 3.78. The molecule has 0 amide bonds. The van der Waals surface area contributed by atoms with Gasteiger partial charge in [-0.3, -0.25) is 0 Å². The van der Waals surface area contributed by atoms with Crippen LogP contribution >= 0.6 is 63.7 Å². The van der Waals surface area contributed by atoms with Crippen molar-refractivity contribution in [2.24, 2.45) is 0 Å². The van der Waals surface area contributed by atoms with Crippen molar-refractivity contribution in [1.82, 2.24) is 0 Å². The van der Waals surface area contributed by atoms with Gasteiger partial charge in [0.15, 0.2) is 0 Å². The Bertz CT molecular complexity index is 376. The number of alkyl halides is 4. The van der Waals surface area contributed by atoms with E-state index in [4.69, 9.17) is 5.11 Å². The highest BCUT2D eigenvalue weighted by molar-refractivity contribution is 9.24. The van der Waals surface area contributed by atoms with Crippen LogP contribution in [0.5, 0.6) is 0 Å². The molecule has 0 spiro atoms. The van der Waals surface area contributed by atoms with Gasteiger partial charge < -0.3 is 5.11 Å². The lowest BCUT2D eigenvalue weighted by Crippen LogP contribution is -2.00. The first-order chi connectivity index (χ1) is 6.93. The Morgan fingerprint density at radius 3 is 2.00 bits per heavy atom. The number of halogens is 4. The molecule has 0 fully saturated rings. The maximum Gasteiger partial charge on any atom is 0.335 e. The Kier molecular flexibility index (Phi) is 5.28. The van der Waals surface area contributed by atoms with E-state index in [0.717, 1.165) is 11.1 Å². The molecule has 6 heteroatoms. The monoisotopic (exact) mass is 462 g/mol. The first-order valence-electron chi connectivity index (χ1n) is 3.87. The van der Waals surface area contributed by atoms with Crippen molar-refractivity contribution < 1.29 is 9.90 Å². The number of carboxylic acid groups (broad SMARTS) is 1. The van der Waals surface area contributed by atoms with Gasteiger partial charge in [0.25, 0.3) is 0 Å². The topological polar surface area (TPSA) is 37.3 Å². The summed E-state index contributed by atoms with van der Waals surface area (Å²) in [6.45, 7) is 0. The summed E-state index contributed by atoms with van der Waals surface area (Å²) in [7, 11) is 0. The normalized spacial score (nSPS) is 11.1. The number of rotatable bonds is 3. The summed E-state index contributed by atoms with van der Waals surface area (Å²) in [5.41, 5.74) is 2.14. The molecule has 0 atom stereocenters. The second-order valence-corrected chi connectivity index (χ2v) is 8.87. The Balaban J connectivity index is 3.27. The summed E-state index contributed by atoms with van der Waals surface area (Å²) in [5, 5.41) is 8.87. The molecule has 1 aromatic carbocycles. The van der Waals surface area contributed by atoms with Crippen LogP contribution in [-0.4, -0.2) is 11.1 Å². The van der Waals surface area contributed by atoms with Gasteiger partial charge in [-0.2, -0.15) is 0 Å². The van der Waals surface area contributed by atoms with Gasteiger partial charge in [0.05, 0.1) is 13.0 Å². The van der Waals surface area contributed by atoms with Gasteiger partial charge in [-0.25, -0.2) is 4.79 Å². The Morgan fingerprint density at radius 1 is 1.07 bits per heavy atom. The summed E-state index contributed by atoms with van der Waals surface area (Å²) in [6.07, 6.45) is 0. The molecule has 0 aliphatic rings. The van der Waals surface area contributed by atoms with Gasteiger partial charge in [-0.15, -0.1) is 0 Å². The molecular formula is C9H6Br4O2. The van der Waals surface area contributed by atoms with E-state index < -0.39 is 5.97 Å². The predicted octanol–water partition coefficient (Wildman–Crippen LogP) is 4.96. The molecule has 0 heterocycles. The van der Waals surface area contributed by atoms with Crippen LogP contribution in [0.3, 0.4) is 0 Å². The van der Waals surface area contributed by atoms with Crippen LogP contribution in [0.1, 0.15) is 29.0 Å². The molecule has 0 unspecified atom stereocenters. The molecule has 0 bridgehead atoms. The van der Waals surface area contributed by atoms with Crippen LogP contribution in [0.25, 0.3) is 0 Å². The highest BCUT2D eigenvalue weighted by atomic mass is 79.9. The number of hydrogen-bond acceptors (Lipinski definition) is 1. The molecule has 0 aromatic heterocycles. The molecule has 82 valence electrons. The van der Waals surface area contributed by atoms with Crippen LogP contribution in [0.4, 0.5) is 0 Å². The molecule has 0 aliphatic heterocycles. The second-order valence-electron chi connectivity index (χ2n) is 2.75. The molecular weight excluding hydrogens is 460 g/mol. The van der Waals surface area contributed by atoms with E-state index in [0.29, 0.717) is 0 Å². The lowest BCUT2D eigenvalue weighted by atomic mass is 10.1. The van der Waals surface area contributed by atoms with E-state index in [1.165, 1.54) is 0 Å². The van der Waals surface area contributed by atoms with E-state index in [-0.39, 0.29) is 13.0 Å². The molecule has 0 saturated heterocycles. The zero-order chi connectivity index (χ0) is 11.6. The number of carboxylic acids is 1. The average molecular weight is 466 g/mol. The molecule has 2 nitrogen and oxygen atoms in total. The molecule has 0 radical (unpaired) electrons. The molecule has 0 saturated carbocycles. The fourth-order valence-corrected chi connectivity index (χ4v) is 2.72. The van der Waals surface area contributed by atoms with Gasteiger partial charge >= 0.3 is 5.97 Å². The molecule has 1 N–H and O–H groups in total. The van der Waals surface area contributed by atoms with Crippen molar-refractivity contribution in [1.29, 1.82) is 0 Å². The van der Waals surface area contributed by atoms with E-state index in [1.807, 2.05) is 0 Å². The third kappa shape index (κ3) is 3.54. The van der Waals surface area contributed by atoms with Crippen molar-refractivity contribution in [3.8, 4) is 0 Å². The maximum atomic E-state index is 10.8. The Morgan fingerprint density at radius 2 is 1.60 bits per heavy atom. The smallest absolute Gasteiger partial charge is 0.335 e. The minimum atomic E-state index is -0.927. The summed E-state index contributed by atoms with van der Waals surface area (Å²) in [5.74, 6) is -0.927. The van der Waals surface area contributed by atoms with Crippen molar-refractivity contribution in [3.05, 3.63) is 34.9 Å². The lowest BCUT2D eigenvalue weighted by molar-refractivity contribution is 0.0697. The van der Waals surface area contributed by atoms with Gasteiger partial charge in [-0.05, 0) is 23.3 Å². The standard InChI is InChI=1S/C9H6Br4O2/c10-7(11)5-2-1-4(9(14)15)3-6(5)8(12)13/h1-3,7-8H,(H,14,15). The first-order valence-corrected chi connectivity index (χ1v) is 7.53. The van der Waals surface area contributed by atoms with E-state index >= 15 is 0 Å². The Labute approximate surface area is 121 Å². The number of hydrogen-bond donors (Lipinski definition) is 1. The molecule has 0 aliphatic carbocycles. The number of carbonyl (C=O) groups is 1. The summed E-state index contributed by atoms with van der Waals surface area (Å²) in [4.78, 5) is 10.8. The minimum Gasteiger partial charge on any atom is -0.478 e. The highest BCUT2D eigenvalue weighted by Gasteiger charge is 2.16. The van der Waals surface area contributed by atoms with Crippen LogP contribution in [0.15, 0.2) is 18.2 Å². The Hall–Kier alpha value is 0.610. The van der Waals surface area contributed by atoms with Crippen molar-refractivity contribution in [3.63, 3.8) is 0 Å². The van der Waals surface area contributed by atoms with Crippen LogP contribution in [0.2, 0.25) is 0 Å². The second kappa shape index (κ2) is 5.80. The van der Waals surface area contributed by atoms with E-state index in [2.05, 4.69) is 63.7 Å². The predicted molar refractivity (Wildman–Crippen MR) is 74.6 cm³/mol. The quantitative estimate of drug-likeness (QED) is 0.641. The largest absolute Gasteiger partial charge is 0.478 e. The lowest BCUT2D eigenvalue weighted by Gasteiger charge is -2.12. The summed E-state index contributed by atoms with van der Waals surface area (Å²) in [6, 6.07) is 5.00. The highest BCUT2D eigenvalue weighted by Crippen LogP contribution is 2.39. The SMILES string of the molecule is O=C(O)c1ccc(C(Br)Br)c(C(Br)Br)c1. The van der Waals surface area contributed by atoms with E-state index in [1.54, 1.807) is 18.2 Å². The van der Waals surface area contributed by atoms with Crippen LogP contribution in [-0.2, 0) is 0 Å². The van der Waals surface area contributed by atoms with Crippen molar-refractivity contribution in [2.45, 2.75) is 7.47 Å². The maximum absolute atomic E-state index is 10.8. The van der Waals surface area contributed by atoms with E-state index in [9.17, 15) is 4.79 Å². The number of benzene rings is 1. The summed E-state index contributed by atoms with van der Waals surface area (Å²) >= 11 is 13.5. The fraction of sp³-hybridized carbons (Fsp3) is 0.222. The first kappa shape index (κ1) is 13.7. The average Bonchev–Trinajstić information content (AvgIpc) is 2.16. The minimum absolute atomic E-state index is 0.000412. The van der Waals surface area contributed by atoms with Gasteiger partial charge in [0, 0.05) is 0 Å². The summed E-state index contributed by atoms with van der Waals surface area (Å²) < 4.78 is -0.0719. The fourth-order valence-electron chi connectivity index (χ4n) is 1.10. The van der Waals surface area contributed by atoms with Crippen molar-refractivity contribution >= 4 is 69.7 Å². The third-order valence-electron chi connectivity index (χ3n) is 1.80. The number of aromatic carboxylic acids is 1. The van der Waals surface area contributed by atoms with Crippen LogP contribution < -0.4 is 0 Å². The molecule has 15 heavy (non-hydrogen) atoms. The van der Waals surface area contributed by atoms with Gasteiger partial charge in [0.1, 0.15) is 0 Å². The van der Waals surface area contributed by atoms with Gasteiger partial charge in [0.2, 0.25) is 0 Å². The molecule has 1 aromatic rings.